The number of H-pyrrole nitrogens is 1. The lowest BCUT2D eigenvalue weighted by Crippen LogP contribution is -2.50. The van der Waals surface area contributed by atoms with Crippen LogP contribution in [-0.4, -0.2) is 80.8 Å². The number of piperazine rings is 1. The van der Waals surface area contributed by atoms with Crippen LogP contribution in [0, 0.1) is 6.92 Å². The van der Waals surface area contributed by atoms with Crippen molar-refractivity contribution in [1.29, 1.82) is 0 Å². The number of amides is 1. The fourth-order valence-corrected chi connectivity index (χ4v) is 4.53. The molecule has 0 saturated carbocycles. The highest BCUT2D eigenvalue weighted by atomic mass is 16.5. The number of fused-ring (bicyclic) bond motifs is 1. The molecule has 11 heteroatoms. The molecule has 3 aromatic heterocycles. The Morgan fingerprint density at radius 2 is 2.03 bits per heavy atom. The molecule has 0 bridgehead atoms. The Morgan fingerprint density at radius 1 is 1.20 bits per heavy atom. The summed E-state index contributed by atoms with van der Waals surface area (Å²) in [6, 6.07) is 10.7. The minimum atomic E-state index is -0.489. The normalized spacial score (nSPS) is 15.5. The number of nitrogens with zero attached hydrogens (tertiary/aromatic N) is 6. The maximum Gasteiger partial charge on any atom is 0.289 e. The number of aryl methyl sites for hydroxylation is 1. The van der Waals surface area contributed by atoms with E-state index in [1.54, 1.807) is 28.8 Å². The standard InChI is InChI=1S/C24H27N7O4/c1-16-5-6-19-17(14-16)15-18(23(32)25-19)21(22-26-27-28-31(22)11-13-34-2)29-7-9-30(10-8-29)24(33)20-4-3-12-35-20/h3-6,12,14-15,21H,7-11,13H2,1-2H3,(H,25,32)/t21-/m0/s1. The summed E-state index contributed by atoms with van der Waals surface area (Å²) in [7, 11) is 1.62. The van der Waals surface area contributed by atoms with Crippen molar-refractivity contribution in [3.05, 3.63) is 75.7 Å². The summed E-state index contributed by atoms with van der Waals surface area (Å²) in [5.41, 5.74) is 2.24. The van der Waals surface area contributed by atoms with Gasteiger partial charge >= 0.3 is 0 Å². The van der Waals surface area contributed by atoms with Gasteiger partial charge < -0.3 is 19.0 Å². The zero-order chi connectivity index (χ0) is 24.4. The van der Waals surface area contributed by atoms with Crippen LogP contribution in [0.25, 0.3) is 10.9 Å². The highest BCUT2D eigenvalue weighted by Crippen LogP contribution is 2.28. The molecule has 1 amide bonds. The number of tetrazole rings is 1. The molecule has 1 atom stereocenters. The first-order valence-electron chi connectivity index (χ1n) is 11.5. The van der Waals surface area contributed by atoms with E-state index in [2.05, 4.69) is 25.4 Å². The predicted octanol–water partition coefficient (Wildman–Crippen LogP) is 1.61. The Morgan fingerprint density at radius 3 is 2.77 bits per heavy atom. The van der Waals surface area contributed by atoms with Gasteiger partial charge in [0.25, 0.3) is 11.5 Å². The quantitative estimate of drug-likeness (QED) is 0.426. The van der Waals surface area contributed by atoms with Crippen LogP contribution in [0.4, 0.5) is 0 Å². The molecule has 1 aliphatic rings. The second kappa shape index (κ2) is 9.80. The Hall–Kier alpha value is -3.83. The number of ether oxygens (including phenoxy) is 1. The third kappa shape index (κ3) is 4.60. The van der Waals surface area contributed by atoms with Gasteiger partial charge in [0.1, 0.15) is 6.04 Å². The number of hydrogen-bond acceptors (Lipinski definition) is 8. The number of methoxy groups -OCH3 is 1. The number of benzene rings is 1. The Balaban J connectivity index is 1.50. The molecule has 1 aliphatic heterocycles. The number of furan rings is 1. The van der Waals surface area contributed by atoms with Crippen molar-refractivity contribution in [3.63, 3.8) is 0 Å². The van der Waals surface area contributed by atoms with Gasteiger partial charge in [-0.3, -0.25) is 14.5 Å². The van der Waals surface area contributed by atoms with Gasteiger partial charge in [-0.15, -0.1) is 5.10 Å². The van der Waals surface area contributed by atoms with Crippen LogP contribution in [0.5, 0.6) is 0 Å². The molecule has 0 radical (unpaired) electrons. The van der Waals surface area contributed by atoms with E-state index in [0.29, 0.717) is 56.5 Å². The molecular formula is C24H27N7O4. The fraction of sp³-hybridized carbons (Fsp3) is 0.375. The SMILES string of the molecule is COCCn1nnnc1[C@H](c1cc2cc(C)ccc2[nH]c1=O)N1CCN(C(=O)c2ccco2)CC1. The van der Waals surface area contributed by atoms with E-state index in [-0.39, 0.29) is 11.5 Å². The largest absolute Gasteiger partial charge is 0.459 e. The highest BCUT2D eigenvalue weighted by molar-refractivity contribution is 5.91. The van der Waals surface area contributed by atoms with Gasteiger partial charge in [-0.2, -0.15) is 0 Å². The van der Waals surface area contributed by atoms with Crippen LogP contribution in [0.15, 0.2) is 51.9 Å². The lowest BCUT2D eigenvalue weighted by molar-refractivity contribution is 0.0557. The molecule has 4 heterocycles. The molecule has 1 saturated heterocycles. The van der Waals surface area contributed by atoms with E-state index in [1.807, 2.05) is 31.2 Å². The molecule has 0 unspecified atom stereocenters. The van der Waals surface area contributed by atoms with Crippen LogP contribution in [0.2, 0.25) is 0 Å². The van der Waals surface area contributed by atoms with Gasteiger partial charge in [-0.05, 0) is 53.1 Å². The number of carbonyl (C=O) groups excluding carboxylic acids is 1. The lowest BCUT2D eigenvalue weighted by Gasteiger charge is -2.38. The zero-order valence-corrected chi connectivity index (χ0v) is 19.7. The molecule has 182 valence electrons. The maximum absolute atomic E-state index is 13.3. The fourth-order valence-electron chi connectivity index (χ4n) is 4.53. The molecule has 1 fully saturated rings. The van der Waals surface area contributed by atoms with E-state index in [0.717, 1.165) is 16.5 Å². The van der Waals surface area contributed by atoms with Crippen molar-refractivity contribution < 1.29 is 13.9 Å². The molecule has 0 spiro atoms. The van der Waals surface area contributed by atoms with E-state index in [4.69, 9.17) is 9.15 Å². The summed E-state index contributed by atoms with van der Waals surface area (Å²) in [5.74, 6) is 0.736. The monoisotopic (exact) mass is 477 g/mol. The van der Waals surface area contributed by atoms with Gasteiger partial charge in [0.15, 0.2) is 11.6 Å². The number of hydrogen-bond donors (Lipinski definition) is 1. The summed E-state index contributed by atoms with van der Waals surface area (Å²) in [5, 5.41) is 13.3. The average molecular weight is 478 g/mol. The minimum Gasteiger partial charge on any atom is -0.459 e. The van der Waals surface area contributed by atoms with E-state index in [1.165, 1.54) is 6.26 Å². The summed E-state index contributed by atoms with van der Waals surface area (Å²) in [4.78, 5) is 33.0. The van der Waals surface area contributed by atoms with Crippen molar-refractivity contribution in [3.8, 4) is 0 Å². The van der Waals surface area contributed by atoms with E-state index in [9.17, 15) is 9.59 Å². The first-order chi connectivity index (χ1) is 17.0. The lowest BCUT2D eigenvalue weighted by atomic mass is 10.0. The first kappa shape index (κ1) is 22.9. The molecular weight excluding hydrogens is 450 g/mol. The molecule has 4 aromatic rings. The zero-order valence-electron chi connectivity index (χ0n) is 19.7. The third-order valence-corrected chi connectivity index (χ3v) is 6.33. The molecule has 1 N–H and O–H groups in total. The number of nitrogens with one attached hydrogen (secondary N) is 1. The summed E-state index contributed by atoms with van der Waals surface area (Å²) < 4.78 is 12.2. The minimum absolute atomic E-state index is 0.143. The number of pyridine rings is 1. The van der Waals surface area contributed by atoms with Crippen molar-refractivity contribution in [2.24, 2.45) is 0 Å². The van der Waals surface area contributed by atoms with Gasteiger partial charge in [-0.25, -0.2) is 4.68 Å². The smallest absolute Gasteiger partial charge is 0.289 e. The van der Waals surface area contributed by atoms with Crippen LogP contribution < -0.4 is 5.56 Å². The van der Waals surface area contributed by atoms with Crippen LogP contribution in [0.1, 0.15) is 33.5 Å². The third-order valence-electron chi connectivity index (χ3n) is 6.33. The van der Waals surface area contributed by atoms with Crippen LogP contribution >= 0.6 is 0 Å². The summed E-state index contributed by atoms with van der Waals surface area (Å²) in [6.45, 7) is 4.96. The average Bonchev–Trinajstić information content (AvgIpc) is 3.56. The molecule has 1 aromatic carbocycles. The second-order valence-electron chi connectivity index (χ2n) is 8.61. The molecule has 11 nitrogen and oxygen atoms in total. The van der Waals surface area contributed by atoms with Crippen LogP contribution in [0.3, 0.4) is 0 Å². The van der Waals surface area contributed by atoms with Crippen molar-refractivity contribution in [2.75, 3.05) is 39.9 Å². The van der Waals surface area contributed by atoms with E-state index >= 15 is 0 Å². The van der Waals surface area contributed by atoms with Gasteiger partial charge in [-0.1, -0.05) is 11.6 Å². The predicted molar refractivity (Wildman–Crippen MR) is 127 cm³/mol. The van der Waals surface area contributed by atoms with Crippen molar-refractivity contribution in [2.45, 2.75) is 19.5 Å². The van der Waals surface area contributed by atoms with Crippen LogP contribution in [-0.2, 0) is 11.3 Å². The Bertz CT molecular complexity index is 1370. The first-order valence-corrected chi connectivity index (χ1v) is 11.5. The molecule has 5 rings (SSSR count). The van der Waals surface area contributed by atoms with Crippen molar-refractivity contribution in [1.82, 2.24) is 35.0 Å². The molecule has 35 heavy (non-hydrogen) atoms. The Labute approximate surface area is 201 Å². The highest BCUT2D eigenvalue weighted by Gasteiger charge is 2.34. The van der Waals surface area contributed by atoms with Gasteiger partial charge in [0.2, 0.25) is 0 Å². The number of carbonyl (C=O) groups is 1. The maximum atomic E-state index is 13.3. The number of aromatic nitrogens is 5. The number of rotatable bonds is 7. The summed E-state index contributed by atoms with van der Waals surface area (Å²) >= 11 is 0. The Kier molecular flexibility index (Phi) is 6.43. The summed E-state index contributed by atoms with van der Waals surface area (Å²) in [6.07, 6.45) is 1.49. The van der Waals surface area contributed by atoms with Crippen molar-refractivity contribution >= 4 is 16.8 Å². The van der Waals surface area contributed by atoms with Gasteiger partial charge in [0, 0.05) is 44.4 Å². The van der Waals surface area contributed by atoms with Gasteiger partial charge in [0.05, 0.1) is 19.4 Å². The second-order valence-corrected chi connectivity index (χ2v) is 8.61. The topological polar surface area (TPSA) is 122 Å². The number of aromatic amines is 1. The molecule has 0 aliphatic carbocycles. The van der Waals surface area contributed by atoms with E-state index < -0.39 is 6.04 Å².